The second-order valence-corrected chi connectivity index (χ2v) is 1.83. The van der Waals surface area contributed by atoms with Gasteiger partial charge in [0.25, 0.3) is 0 Å². The maximum absolute atomic E-state index is 6.83. The third kappa shape index (κ3) is 1.94. The average Bonchev–Trinajstić information content (AvgIpc) is 1.86. The second kappa shape index (κ2) is 3.04. The van der Waals surface area contributed by atoms with Gasteiger partial charge in [-0.2, -0.15) is 0 Å². The predicted molar refractivity (Wildman–Crippen MR) is 35.9 cm³/mol. The molecule has 0 aromatic heterocycles. The lowest BCUT2D eigenvalue weighted by molar-refractivity contribution is 1.44. The third-order valence-corrected chi connectivity index (χ3v) is 1.20. The Bertz CT molecular complexity index is 101. The first kappa shape index (κ1) is 6.98. The van der Waals surface area contributed by atoms with Gasteiger partial charge < -0.3 is 0 Å². The maximum Gasteiger partial charge on any atom is 0.131 e. The third-order valence-electron chi connectivity index (χ3n) is 0.503. The van der Waals surface area contributed by atoms with Gasteiger partial charge in [0.15, 0.2) is 0 Å². The van der Waals surface area contributed by atoms with Crippen LogP contribution in [0, 0.1) is 5.41 Å². The van der Waals surface area contributed by atoms with E-state index in [0.717, 1.165) is 5.75 Å². The Morgan fingerprint density at radius 1 is 1.86 bits per heavy atom. The molecular formula is C3H5ClN2S. The number of hydrogen-bond acceptors (Lipinski definition) is 2. The largest absolute Gasteiger partial charge is 0.286 e. The molecule has 2 nitrogen and oxygen atoms in total. The van der Waals surface area contributed by atoms with Crippen LogP contribution in [-0.4, -0.2) is 17.1 Å². The summed E-state index contributed by atoms with van der Waals surface area (Å²) in [6.45, 7) is 0. The van der Waals surface area contributed by atoms with Crippen LogP contribution in [0.3, 0.4) is 0 Å². The second-order valence-electron chi connectivity index (χ2n) is 0.992. The fourth-order valence-electron chi connectivity index (χ4n) is 0.254. The van der Waals surface area contributed by atoms with Gasteiger partial charge in [0.1, 0.15) is 5.84 Å². The summed E-state index contributed by atoms with van der Waals surface area (Å²) in [5.41, 5.74) is 1.70. The van der Waals surface area contributed by atoms with Crippen molar-refractivity contribution in [3.63, 3.8) is 0 Å². The molecule has 1 aliphatic heterocycles. The van der Waals surface area contributed by atoms with Crippen molar-refractivity contribution < 1.29 is 0 Å². The normalized spacial score (nSPS) is 16.9. The van der Waals surface area contributed by atoms with Crippen molar-refractivity contribution in [1.82, 2.24) is 0 Å². The van der Waals surface area contributed by atoms with Crippen LogP contribution in [0.5, 0.6) is 0 Å². The monoisotopic (exact) mass is 136 g/mol. The Labute approximate surface area is 52.3 Å². The first-order chi connectivity index (χ1) is 2.89. The number of aliphatic imine (C=N–C) groups is 1. The van der Waals surface area contributed by atoms with E-state index in [9.17, 15) is 0 Å². The van der Waals surface area contributed by atoms with Crippen LogP contribution in [-0.2, 0) is 0 Å². The van der Waals surface area contributed by atoms with Gasteiger partial charge in [0.05, 0.1) is 11.3 Å². The van der Waals surface area contributed by atoms with E-state index < -0.39 is 0 Å². The van der Waals surface area contributed by atoms with Crippen LogP contribution in [0.2, 0.25) is 0 Å². The maximum atomic E-state index is 6.83. The van der Waals surface area contributed by atoms with E-state index in [2.05, 4.69) is 4.99 Å². The predicted octanol–water partition coefficient (Wildman–Crippen LogP) is 1.16. The van der Waals surface area contributed by atoms with E-state index in [-0.39, 0.29) is 12.4 Å². The van der Waals surface area contributed by atoms with Crippen molar-refractivity contribution in [2.75, 3.05) is 5.75 Å². The number of hydrogen-bond donors (Lipinski definition) is 1. The Hall–Kier alpha value is -0.0200. The Kier molecular flexibility index (Phi) is 3.04. The van der Waals surface area contributed by atoms with Crippen LogP contribution in [0.1, 0.15) is 0 Å². The van der Waals surface area contributed by atoms with Gasteiger partial charge in [-0.1, -0.05) is 0 Å². The quantitative estimate of drug-likeness (QED) is 0.533. The Morgan fingerprint density at radius 3 is 2.71 bits per heavy atom. The number of nitrogens with one attached hydrogen (secondary N) is 1. The molecule has 1 N–H and O–H groups in total. The lowest BCUT2D eigenvalue weighted by atomic mass is 10.7. The summed E-state index contributed by atoms with van der Waals surface area (Å²) in [6, 6.07) is 0. The molecule has 0 aliphatic carbocycles. The lowest BCUT2D eigenvalue weighted by Crippen LogP contribution is -1.84. The standard InChI is InChI=1S/C3H4N2S.ClH/c4-3-1-6-2-5-3;/h2,4H,1H2;1H. The van der Waals surface area contributed by atoms with Crippen LogP contribution < -0.4 is 0 Å². The van der Waals surface area contributed by atoms with Crippen molar-refractivity contribution in [3.05, 3.63) is 0 Å². The summed E-state index contributed by atoms with van der Waals surface area (Å²) in [5.74, 6) is 1.25. The molecular weight excluding hydrogens is 132 g/mol. The van der Waals surface area contributed by atoms with E-state index in [0.29, 0.717) is 5.84 Å². The number of amidine groups is 1. The molecule has 0 fully saturated rings. The molecule has 0 unspecified atom stereocenters. The van der Waals surface area contributed by atoms with E-state index in [1.807, 2.05) is 0 Å². The van der Waals surface area contributed by atoms with E-state index in [1.165, 1.54) is 0 Å². The van der Waals surface area contributed by atoms with E-state index in [4.69, 9.17) is 5.41 Å². The summed E-state index contributed by atoms with van der Waals surface area (Å²) in [6.07, 6.45) is 0. The number of nitrogens with zero attached hydrogens (tertiary/aromatic N) is 1. The number of halogens is 1. The first-order valence-electron chi connectivity index (χ1n) is 1.61. The van der Waals surface area contributed by atoms with Crippen LogP contribution in [0.4, 0.5) is 0 Å². The highest BCUT2D eigenvalue weighted by Crippen LogP contribution is 2.02. The van der Waals surface area contributed by atoms with Gasteiger partial charge in [-0.3, -0.25) is 5.41 Å². The molecule has 0 amide bonds. The van der Waals surface area contributed by atoms with Gasteiger partial charge in [0, 0.05) is 0 Å². The van der Waals surface area contributed by atoms with Gasteiger partial charge in [-0.15, -0.1) is 24.2 Å². The summed E-state index contributed by atoms with van der Waals surface area (Å²) >= 11 is 1.57. The van der Waals surface area contributed by atoms with Crippen LogP contribution in [0.25, 0.3) is 0 Å². The molecule has 4 heteroatoms. The van der Waals surface area contributed by atoms with Gasteiger partial charge in [-0.05, 0) is 0 Å². The molecule has 0 saturated carbocycles. The Balaban J connectivity index is 0.000000360. The van der Waals surface area contributed by atoms with Crippen molar-refractivity contribution in [2.24, 2.45) is 4.99 Å². The number of thioether (sulfide) groups is 1. The zero-order chi connectivity index (χ0) is 4.41. The first-order valence-corrected chi connectivity index (χ1v) is 2.66. The molecule has 7 heavy (non-hydrogen) atoms. The minimum atomic E-state index is 0. The minimum absolute atomic E-state index is 0. The topological polar surface area (TPSA) is 36.2 Å². The lowest BCUT2D eigenvalue weighted by Gasteiger charge is -1.73. The average molecular weight is 137 g/mol. The molecule has 1 aliphatic rings. The van der Waals surface area contributed by atoms with Crippen molar-refractivity contribution in [1.29, 1.82) is 5.41 Å². The van der Waals surface area contributed by atoms with Crippen molar-refractivity contribution >= 4 is 35.6 Å². The van der Waals surface area contributed by atoms with E-state index >= 15 is 0 Å². The highest BCUT2D eigenvalue weighted by atomic mass is 35.5. The number of rotatable bonds is 0. The van der Waals surface area contributed by atoms with Crippen molar-refractivity contribution in [3.8, 4) is 0 Å². The van der Waals surface area contributed by atoms with E-state index in [1.54, 1.807) is 17.3 Å². The molecule has 0 bridgehead atoms. The zero-order valence-corrected chi connectivity index (χ0v) is 5.18. The summed E-state index contributed by atoms with van der Waals surface area (Å²) in [4.78, 5) is 3.66. The van der Waals surface area contributed by atoms with Crippen LogP contribution >= 0.6 is 24.2 Å². The molecule has 0 saturated heterocycles. The van der Waals surface area contributed by atoms with Gasteiger partial charge >= 0.3 is 0 Å². The smallest absolute Gasteiger partial charge is 0.131 e. The minimum Gasteiger partial charge on any atom is -0.286 e. The van der Waals surface area contributed by atoms with Crippen molar-refractivity contribution in [2.45, 2.75) is 0 Å². The van der Waals surface area contributed by atoms with Gasteiger partial charge in [-0.25, -0.2) is 4.99 Å². The SMILES string of the molecule is Cl.N=C1CSC=N1. The Morgan fingerprint density at radius 2 is 2.57 bits per heavy atom. The van der Waals surface area contributed by atoms with Crippen LogP contribution in [0.15, 0.2) is 4.99 Å². The molecule has 40 valence electrons. The van der Waals surface area contributed by atoms with Gasteiger partial charge in [0.2, 0.25) is 0 Å². The molecule has 0 aromatic carbocycles. The molecule has 0 aromatic rings. The summed E-state index contributed by atoms with van der Waals surface area (Å²) < 4.78 is 0. The molecule has 0 spiro atoms. The molecule has 0 atom stereocenters. The summed E-state index contributed by atoms with van der Waals surface area (Å²) in [5, 5.41) is 6.83. The fraction of sp³-hybridized carbons (Fsp3) is 0.333. The zero-order valence-electron chi connectivity index (χ0n) is 3.55. The fourth-order valence-corrected chi connectivity index (χ4v) is 0.763. The highest BCUT2D eigenvalue weighted by molar-refractivity contribution is 8.13. The molecule has 1 rings (SSSR count). The molecule has 0 radical (unpaired) electrons. The summed E-state index contributed by atoms with van der Waals surface area (Å²) in [7, 11) is 0. The highest BCUT2D eigenvalue weighted by Gasteiger charge is 1.96. The molecule has 1 heterocycles.